The van der Waals surface area contributed by atoms with Crippen LogP contribution in [0.1, 0.15) is 25.3 Å². The van der Waals surface area contributed by atoms with Gasteiger partial charge in [-0.3, -0.25) is 4.79 Å². The van der Waals surface area contributed by atoms with Crippen molar-refractivity contribution in [3.05, 3.63) is 23.8 Å². The molecule has 6 nitrogen and oxygen atoms in total. The van der Waals surface area contributed by atoms with Crippen LogP contribution in [0.5, 0.6) is 0 Å². The van der Waals surface area contributed by atoms with E-state index in [9.17, 15) is 9.59 Å². The summed E-state index contributed by atoms with van der Waals surface area (Å²) < 4.78 is 5.26. The number of anilines is 2. The number of amides is 3. The monoisotopic (exact) mass is 305 g/mol. The molecule has 3 amide bonds. The summed E-state index contributed by atoms with van der Waals surface area (Å²) in [6, 6.07) is 5.35. The van der Waals surface area contributed by atoms with E-state index >= 15 is 0 Å². The Morgan fingerprint density at radius 1 is 1.36 bits per heavy atom. The highest BCUT2D eigenvalue weighted by molar-refractivity contribution is 5.94. The standard InChI is InChI=1S/C16H23N3O3/c1-4-15(20)18-14-9-12(6-5-11(14)2)17-16(21)19-8-7-13(10-19)22-3/h5-6,9,13H,4,7-8,10H2,1-3H3,(H,17,21)(H,18,20). The topological polar surface area (TPSA) is 70.7 Å². The maximum atomic E-state index is 12.2. The van der Waals surface area contributed by atoms with Gasteiger partial charge in [0.2, 0.25) is 5.91 Å². The lowest BCUT2D eigenvalue weighted by atomic mass is 10.1. The molecule has 1 aliphatic rings. The van der Waals surface area contributed by atoms with E-state index in [4.69, 9.17) is 4.74 Å². The number of carbonyl (C=O) groups excluding carboxylic acids is 2. The lowest BCUT2D eigenvalue weighted by molar-refractivity contribution is -0.115. The molecule has 2 rings (SSSR count). The van der Waals surface area contributed by atoms with Gasteiger partial charge in [0, 0.05) is 38.0 Å². The zero-order chi connectivity index (χ0) is 16.1. The zero-order valence-electron chi connectivity index (χ0n) is 13.3. The second-order valence-corrected chi connectivity index (χ2v) is 5.45. The minimum Gasteiger partial charge on any atom is -0.380 e. The van der Waals surface area contributed by atoms with Crippen LogP contribution in [0.3, 0.4) is 0 Å². The molecule has 0 bridgehead atoms. The Balaban J connectivity index is 2.02. The first kappa shape index (κ1) is 16.3. The summed E-state index contributed by atoms with van der Waals surface area (Å²) in [7, 11) is 1.66. The van der Waals surface area contributed by atoms with Crippen LogP contribution in [0.25, 0.3) is 0 Å². The van der Waals surface area contributed by atoms with Gasteiger partial charge in [-0.1, -0.05) is 13.0 Å². The number of benzene rings is 1. The Labute approximate surface area is 130 Å². The van der Waals surface area contributed by atoms with Gasteiger partial charge in [-0.25, -0.2) is 4.79 Å². The van der Waals surface area contributed by atoms with Crippen LogP contribution >= 0.6 is 0 Å². The van der Waals surface area contributed by atoms with Gasteiger partial charge >= 0.3 is 6.03 Å². The molecule has 120 valence electrons. The van der Waals surface area contributed by atoms with Gasteiger partial charge in [-0.15, -0.1) is 0 Å². The number of nitrogens with zero attached hydrogens (tertiary/aromatic N) is 1. The fraction of sp³-hybridized carbons (Fsp3) is 0.500. The number of nitrogens with one attached hydrogen (secondary N) is 2. The van der Waals surface area contributed by atoms with Crippen LogP contribution < -0.4 is 10.6 Å². The predicted molar refractivity (Wildman–Crippen MR) is 86.1 cm³/mol. The first-order valence-electron chi connectivity index (χ1n) is 7.52. The smallest absolute Gasteiger partial charge is 0.321 e. The molecule has 0 saturated carbocycles. The van der Waals surface area contributed by atoms with Crippen molar-refractivity contribution in [2.24, 2.45) is 0 Å². The first-order chi connectivity index (χ1) is 10.5. The Morgan fingerprint density at radius 3 is 2.77 bits per heavy atom. The molecule has 1 fully saturated rings. The summed E-state index contributed by atoms with van der Waals surface area (Å²) in [5.74, 6) is -0.0472. The third-order valence-corrected chi connectivity index (χ3v) is 3.85. The van der Waals surface area contributed by atoms with E-state index in [1.165, 1.54) is 0 Å². The Morgan fingerprint density at radius 2 is 2.14 bits per heavy atom. The molecule has 1 saturated heterocycles. The average Bonchev–Trinajstić information content (AvgIpc) is 2.99. The number of urea groups is 1. The van der Waals surface area contributed by atoms with Crippen LogP contribution in [-0.2, 0) is 9.53 Å². The molecule has 0 spiro atoms. The summed E-state index contributed by atoms with van der Waals surface area (Å²) in [4.78, 5) is 25.5. The molecule has 1 atom stereocenters. The van der Waals surface area contributed by atoms with Crippen molar-refractivity contribution in [2.75, 3.05) is 30.8 Å². The highest BCUT2D eigenvalue weighted by Crippen LogP contribution is 2.21. The highest BCUT2D eigenvalue weighted by Gasteiger charge is 2.26. The lowest BCUT2D eigenvalue weighted by Crippen LogP contribution is -2.33. The van der Waals surface area contributed by atoms with Crippen LogP contribution in [-0.4, -0.2) is 43.1 Å². The summed E-state index contributed by atoms with van der Waals surface area (Å²) >= 11 is 0. The quantitative estimate of drug-likeness (QED) is 0.898. The van der Waals surface area contributed by atoms with Gasteiger partial charge < -0.3 is 20.3 Å². The van der Waals surface area contributed by atoms with Gasteiger partial charge in [0.15, 0.2) is 0 Å². The van der Waals surface area contributed by atoms with Gasteiger partial charge in [0.25, 0.3) is 0 Å². The summed E-state index contributed by atoms with van der Waals surface area (Å²) in [5, 5.41) is 5.70. The number of methoxy groups -OCH3 is 1. The Bertz CT molecular complexity index is 560. The van der Waals surface area contributed by atoms with Crippen molar-refractivity contribution in [3.8, 4) is 0 Å². The number of aryl methyl sites for hydroxylation is 1. The summed E-state index contributed by atoms with van der Waals surface area (Å²) in [5.41, 5.74) is 2.35. The second kappa shape index (κ2) is 7.26. The van der Waals surface area contributed by atoms with E-state index in [-0.39, 0.29) is 18.0 Å². The van der Waals surface area contributed by atoms with Crippen LogP contribution in [0.15, 0.2) is 18.2 Å². The second-order valence-electron chi connectivity index (χ2n) is 5.45. The van der Waals surface area contributed by atoms with Crippen molar-refractivity contribution in [1.82, 2.24) is 4.90 Å². The number of hydrogen-bond donors (Lipinski definition) is 2. The van der Waals surface area contributed by atoms with Crippen LogP contribution in [0, 0.1) is 6.92 Å². The molecular weight excluding hydrogens is 282 g/mol. The SMILES string of the molecule is CCC(=O)Nc1cc(NC(=O)N2CCC(OC)C2)ccc1C. The van der Waals surface area contributed by atoms with E-state index < -0.39 is 0 Å². The van der Waals surface area contributed by atoms with E-state index in [2.05, 4.69) is 10.6 Å². The number of hydrogen-bond acceptors (Lipinski definition) is 3. The normalized spacial score (nSPS) is 17.4. The van der Waals surface area contributed by atoms with Gasteiger partial charge in [0.1, 0.15) is 0 Å². The van der Waals surface area contributed by atoms with Crippen molar-refractivity contribution < 1.29 is 14.3 Å². The minimum atomic E-state index is -0.142. The molecule has 1 aromatic carbocycles. The van der Waals surface area contributed by atoms with Crippen LogP contribution in [0.2, 0.25) is 0 Å². The maximum absolute atomic E-state index is 12.2. The van der Waals surface area contributed by atoms with E-state index in [0.29, 0.717) is 25.2 Å². The molecule has 0 radical (unpaired) electrons. The van der Waals surface area contributed by atoms with Gasteiger partial charge in [-0.2, -0.15) is 0 Å². The number of likely N-dealkylation sites (tertiary alicyclic amines) is 1. The van der Waals surface area contributed by atoms with Crippen molar-refractivity contribution >= 4 is 23.3 Å². The largest absolute Gasteiger partial charge is 0.380 e. The molecule has 1 heterocycles. The third kappa shape index (κ3) is 3.98. The lowest BCUT2D eigenvalue weighted by Gasteiger charge is -2.18. The fourth-order valence-electron chi connectivity index (χ4n) is 2.38. The number of rotatable bonds is 4. The molecule has 0 aromatic heterocycles. The fourth-order valence-corrected chi connectivity index (χ4v) is 2.38. The van der Waals surface area contributed by atoms with Crippen molar-refractivity contribution in [2.45, 2.75) is 32.8 Å². The zero-order valence-corrected chi connectivity index (χ0v) is 13.3. The number of carbonyl (C=O) groups is 2. The number of ether oxygens (including phenoxy) is 1. The molecular formula is C16H23N3O3. The maximum Gasteiger partial charge on any atom is 0.321 e. The van der Waals surface area contributed by atoms with Gasteiger partial charge in [0.05, 0.1) is 6.10 Å². The minimum absolute atomic E-state index is 0.0472. The molecule has 1 aliphatic heterocycles. The van der Waals surface area contributed by atoms with E-state index in [1.807, 2.05) is 19.1 Å². The Kier molecular flexibility index (Phi) is 5.38. The first-order valence-corrected chi connectivity index (χ1v) is 7.52. The van der Waals surface area contributed by atoms with E-state index in [0.717, 1.165) is 17.7 Å². The van der Waals surface area contributed by atoms with Crippen molar-refractivity contribution in [1.29, 1.82) is 0 Å². The summed E-state index contributed by atoms with van der Waals surface area (Å²) in [6.07, 6.45) is 1.39. The summed E-state index contributed by atoms with van der Waals surface area (Å²) in [6.45, 7) is 5.01. The molecule has 6 heteroatoms. The average molecular weight is 305 g/mol. The molecule has 2 N–H and O–H groups in total. The van der Waals surface area contributed by atoms with Crippen molar-refractivity contribution in [3.63, 3.8) is 0 Å². The Hall–Kier alpha value is -2.08. The molecule has 22 heavy (non-hydrogen) atoms. The molecule has 1 unspecified atom stereocenters. The van der Waals surface area contributed by atoms with Gasteiger partial charge in [-0.05, 0) is 31.0 Å². The van der Waals surface area contributed by atoms with E-state index in [1.54, 1.807) is 25.0 Å². The van der Waals surface area contributed by atoms with Crippen LogP contribution in [0.4, 0.5) is 16.2 Å². The predicted octanol–water partition coefficient (Wildman–Crippen LogP) is 2.60. The highest BCUT2D eigenvalue weighted by atomic mass is 16.5. The molecule has 1 aromatic rings. The molecule has 0 aliphatic carbocycles. The third-order valence-electron chi connectivity index (χ3n) is 3.85.